The van der Waals surface area contributed by atoms with Crippen molar-refractivity contribution < 1.29 is 18.4 Å². The van der Waals surface area contributed by atoms with Gasteiger partial charge >= 0.3 is 6.03 Å². The van der Waals surface area contributed by atoms with Gasteiger partial charge < -0.3 is 5.32 Å². The van der Waals surface area contributed by atoms with Crippen molar-refractivity contribution in [2.45, 2.75) is 65.0 Å². The van der Waals surface area contributed by atoms with E-state index in [4.69, 9.17) is 0 Å². The molecule has 29 heavy (non-hydrogen) atoms. The van der Waals surface area contributed by atoms with E-state index in [1.807, 2.05) is 0 Å². The Balaban J connectivity index is 1.63. The van der Waals surface area contributed by atoms with Crippen molar-refractivity contribution >= 4 is 11.9 Å². The monoisotopic (exact) mass is 407 g/mol. The molecule has 1 saturated heterocycles. The second-order valence-electron chi connectivity index (χ2n) is 9.25. The molecule has 0 aromatic heterocycles. The van der Waals surface area contributed by atoms with Crippen LogP contribution in [0, 0.1) is 23.0 Å². The van der Waals surface area contributed by atoms with Crippen LogP contribution in [0.15, 0.2) is 18.2 Å². The fraction of sp³-hybridized carbons (Fsp3) is 0.636. The third-order valence-electron chi connectivity index (χ3n) is 6.94. The molecule has 2 aliphatic rings. The Bertz CT molecular complexity index is 788. The number of urea groups is 1. The summed E-state index contributed by atoms with van der Waals surface area (Å²) in [6.07, 6.45) is 4.22. The topological polar surface area (TPSA) is 52.7 Å². The maximum absolute atomic E-state index is 13.9. The number of amides is 3. The highest BCUT2D eigenvalue weighted by Gasteiger charge is 2.53. The van der Waals surface area contributed by atoms with E-state index in [0.717, 1.165) is 25.3 Å². The summed E-state index contributed by atoms with van der Waals surface area (Å²) in [7, 11) is 1.70. The SMILES string of the molecule is CCC(C)(C)C1CCC2(CC1)NC(=O)N(CN(C)Cc1ccc(F)cc1F)C2=O. The number of nitrogens with one attached hydrogen (secondary N) is 1. The van der Waals surface area contributed by atoms with Crippen molar-refractivity contribution in [3.05, 3.63) is 35.4 Å². The normalized spacial score (nSPS) is 25.2. The Kier molecular flexibility index (Phi) is 5.99. The molecule has 0 atom stereocenters. The second kappa shape index (κ2) is 8.01. The van der Waals surface area contributed by atoms with E-state index in [1.165, 1.54) is 17.0 Å². The predicted molar refractivity (Wildman–Crippen MR) is 107 cm³/mol. The van der Waals surface area contributed by atoms with Crippen LogP contribution >= 0.6 is 0 Å². The van der Waals surface area contributed by atoms with E-state index in [-0.39, 0.29) is 24.5 Å². The molecule has 0 radical (unpaired) electrons. The number of hydrogen-bond acceptors (Lipinski definition) is 3. The Morgan fingerprint density at radius 1 is 1.24 bits per heavy atom. The van der Waals surface area contributed by atoms with Crippen molar-refractivity contribution in [1.82, 2.24) is 15.1 Å². The summed E-state index contributed by atoms with van der Waals surface area (Å²) in [6.45, 7) is 6.95. The Labute approximate surface area is 171 Å². The molecule has 1 heterocycles. The molecule has 1 aliphatic heterocycles. The van der Waals surface area contributed by atoms with Gasteiger partial charge in [-0.05, 0) is 50.1 Å². The minimum Gasteiger partial charge on any atom is -0.323 e. The van der Waals surface area contributed by atoms with Gasteiger partial charge in [0.15, 0.2) is 0 Å². The lowest BCUT2D eigenvalue weighted by Gasteiger charge is -2.42. The second-order valence-corrected chi connectivity index (χ2v) is 9.25. The van der Waals surface area contributed by atoms with Crippen LogP contribution in [0.1, 0.15) is 58.4 Å². The molecule has 7 heteroatoms. The standard InChI is InChI=1S/C22H31F2N3O2/c1-5-21(2,3)16-8-10-22(11-9-16)19(28)27(20(29)25-22)14-26(4)13-15-6-7-17(23)12-18(15)24/h6-7,12,16H,5,8-11,13-14H2,1-4H3,(H,25,29). The number of carbonyl (C=O) groups excluding carboxylic acids is 2. The third-order valence-corrected chi connectivity index (χ3v) is 6.94. The van der Waals surface area contributed by atoms with E-state index in [2.05, 4.69) is 26.1 Å². The highest BCUT2D eigenvalue weighted by atomic mass is 19.1. The molecule has 3 rings (SSSR count). The lowest BCUT2D eigenvalue weighted by molar-refractivity contribution is -0.134. The van der Waals surface area contributed by atoms with E-state index >= 15 is 0 Å². The van der Waals surface area contributed by atoms with Crippen LogP contribution in [-0.2, 0) is 11.3 Å². The van der Waals surface area contributed by atoms with Gasteiger partial charge in [-0.1, -0.05) is 33.3 Å². The predicted octanol–water partition coefficient (Wildman–Crippen LogP) is 4.27. The molecule has 1 spiro atoms. The first-order valence-corrected chi connectivity index (χ1v) is 10.3. The largest absolute Gasteiger partial charge is 0.326 e. The molecular formula is C22H31F2N3O2. The first kappa shape index (κ1) is 21.7. The molecule has 1 aliphatic carbocycles. The number of nitrogens with zero attached hydrogens (tertiary/aromatic N) is 2. The molecule has 0 bridgehead atoms. The number of benzene rings is 1. The summed E-state index contributed by atoms with van der Waals surface area (Å²) in [5.74, 6) is -0.920. The van der Waals surface area contributed by atoms with Crippen molar-refractivity contribution in [2.24, 2.45) is 11.3 Å². The van der Waals surface area contributed by atoms with Gasteiger partial charge in [0, 0.05) is 18.2 Å². The van der Waals surface area contributed by atoms with Crippen molar-refractivity contribution in [3.63, 3.8) is 0 Å². The molecule has 1 aromatic carbocycles. The van der Waals surface area contributed by atoms with E-state index in [9.17, 15) is 18.4 Å². The smallest absolute Gasteiger partial charge is 0.323 e. The summed E-state index contributed by atoms with van der Waals surface area (Å²) < 4.78 is 27.0. The molecule has 1 saturated carbocycles. The van der Waals surface area contributed by atoms with Crippen LogP contribution in [0.5, 0.6) is 0 Å². The summed E-state index contributed by atoms with van der Waals surface area (Å²) in [5.41, 5.74) is -0.260. The number of carbonyl (C=O) groups is 2. The van der Waals surface area contributed by atoms with Crippen LogP contribution in [0.25, 0.3) is 0 Å². The van der Waals surface area contributed by atoms with Crippen LogP contribution in [-0.4, -0.2) is 41.0 Å². The highest BCUT2D eigenvalue weighted by molar-refractivity contribution is 6.07. The van der Waals surface area contributed by atoms with Gasteiger partial charge in [0.05, 0.1) is 6.67 Å². The number of hydrogen-bond donors (Lipinski definition) is 1. The average molecular weight is 408 g/mol. The quantitative estimate of drug-likeness (QED) is 0.717. The Hall–Kier alpha value is -2.02. The molecule has 5 nitrogen and oxygen atoms in total. The van der Waals surface area contributed by atoms with E-state index in [1.54, 1.807) is 11.9 Å². The highest BCUT2D eigenvalue weighted by Crippen LogP contribution is 2.45. The van der Waals surface area contributed by atoms with Crippen LogP contribution in [0.4, 0.5) is 13.6 Å². The summed E-state index contributed by atoms with van der Waals surface area (Å²) in [4.78, 5) is 28.5. The Morgan fingerprint density at radius 3 is 2.48 bits per heavy atom. The maximum atomic E-state index is 13.9. The molecule has 2 fully saturated rings. The van der Waals surface area contributed by atoms with Crippen LogP contribution in [0.2, 0.25) is 0 Å². The summed E-state index contributed by atoms with van der Waals surface area (Å²) in [6, 6.07) is 3.02. The van der Waals surface area contributed by atoms with Gasteiger partial charge in [-0.3, -0.25) is 9.69 Å². The van der Waals surface area contributed by atoms with Gasteiger partial charge in [0.25, 0.3) is 5.91 Å². The van der Waals surface area contributed by atoms with Crippen molar-refractivity contribution in [2.75, 3.05) is 13.7 Å². The zero-order chi connectivity index (χ0) is 21.4. The molecule has 160 valence electrons. The van der Waals surface area contributed by atoms with E-state index < -0.39 is 23.2 Å². The van der Waals surface area contributed by atoms with Crippen LogP contribution in [0.3, 0.4) is 0 Å². The van der Waals surface area contributed by atoms with Crippen molar-refractivity contribution in [1.29, 1.82) is 0 Å². The third kappa shape index (κ3) is 4.29. The summed E-state index contributed by atoms with van der Waals surface area (Å²) >= 11 is 0. The first-order chi connectivity index (χ1) is 13.6. The molecular weight excluding hydrogens is 376 g/mol. The van der Waals surface area contributed by atoms with Gasteiger partial charge in [0.1, 0.15) is 17.2 Å². The number of rotatable bonds is 6. The fourth-order valence-electron chi connectivity index (χ4n) is 4.56. The molecule has 0 unspecified atom stereocenters. The molecule has 3 amide bonds. The number of halogens is 2. The average Bonchev–Trinajstić information content (AvgIpc) is 2.88. The van der Waals surface area contributed by atoms with Gasteiger partial charge in [0.2, 0.25) is 0 Å². The minimum absolute atomic E-state index is 0.0626. The lowest BCUT2D eigenvalue weighted by atomic mass is 9.65. The van der Waals surface area contributed by atoms with Gasteiger partial charge in [-0.25, -0.2) is 18.5 Å². The first-order valence-electron chi connectivity index (χ1n) is 10.3. The zero-order valence-electron chi connectivity index (χ0n) is 17.7. The molecule has 1 aromatic rings. The van der Waals surface area contributed by atoms with Crippen molar-refractivity contribution in [3.8, 4) is 0 Å². The number of imide groups is 1. The van der Waals surface area contributed by atoms with Gasteiger partial charge in [-0.15, -0.1) is 0 Å². The zero-order valence-corrected chi connectivity index (χ0v) is 17.7. The van der Waals surface area contributed by atoms with E-state index in [0.29, 0.717) is 24.3 Å². The lowest BCUT2D eigenvalue weighted by Crippen LogP contribution is -2.51. The maximum Gasteiger partial charge on any atom is 0.326 e. The van der Waals surface area contributed by atoms with Gasteiger partial charge in [-0.2, -0.15) is 0 Å². The minimum atomic E-state index is -0.806. The fourth-order valence-corrected chi connectivity index (χ4v) is 4.56. The Morgan fingerprint density at radius 2 is 1.90 bits per heavy atom. The van der Waals surface area contributed by atoms with Crippen LogP contribution < -0.4 is 5.32 Å². The molecule has 1 N–H and O–H groups in total. The summed E-state index contributed by atoms with van der Waals surface area (Å²) in [5, 5.41) is 2.93.